The van der Waals surface area contributed by atoms with Gasteiger partial charge in [-0.05, 0) is 36.1 Å². The predicted molar refractivity (Wildman–Crippen MR) is 78.4 cm³/mol. The molecular formula is C15H14FN3OS. The highest BCUT2D eigenvalue weighted by molar-refractivity contribution is 7.10. The lowest BCUT2D eigenvalue weighted by Crippen LogP contribution is -2.21. The van der Waals surface area contributed by atoms with E-state index in [9.17, 15) is 4.39 Å². The minimum atomic E-state index is -0.240. The van der Waals surface area contributed by atoms with Gasteiger partial charge in [-0.3, -0.25) is 5.32 Å². The van der Waals surface area contributed by atoms with Crippen LogP contribution in [0.25, 0.3) is 0 Å². The maximum atomic E-state index is 13.1. The van der Waals surface area contributed by atoms with Gasteiger partial charge in [0.2, 0.25) is 5.89 Å². The zero-order chi connectivity index (χ0) is 14.7. The van der Waals surface area contributed by atoms with Crippen LogP contribution in [0.15, 0.2) is 46.3 Å². The maximum absolute atomic E-state index is 13.1. The summed E-state index contributed by atoms with van der Waals surface area (Å²) >= 11 is 1.65. The molecule has 0 fully saturated rings. The molecule has 21 heavy (non-hydrogen) atoms. The number of hydrogen-bond donors (Lipinski definition) is 1. The molecule has 0 radical (unpaired) electrons. The first-order valence-corrected chi connectivity index (χ1v) is 7.42. The van der Waals surface area contributed by atoms with Gasteiger partial charge in [0, 0.05) is 4.88 Å². The van der Waals surface area contributed by atoms with Gasteiger partial charge in [-0.25, -0.2) is 4.39 Å². The number of benzene rings is 1. The lowest BCUT2D eigenvalue weighted by molar-refractivity contribution is 0.360. The minimum absolute atomic E-state index is 0.0298. The Hall–Kier alpha value is -2.05. The SMILES string of the molecule is Cc1noc(CNC(c2ccc(F)cc2)c2cccs2)n1. The maximum Gasteiger partial charge on any atom is 0.240 e. The minimum Gasteiger partial charge on any atom is -0.338 e. The van der Waals surface area contributed by atoms with E-state index in [0.717, 1.165) is 10.4 Å². The number of thiophene rings is 1. The van der Waals surface area contributed by atoms with Crippen molar-refractivity contribution in [2.45, 2.75) is 19.5 Å². The van der Waals surface area contributed by atoms with Crippen LogP contribution >= 0.6 is 11.3 Å². The monoisotopic (exact) mass is 303 g/mol. The molecule has 0 spiro atoms. The number of aromatic nitrogens is 2. The highest BCUT2D eigenvalue weighted by Crippen LogP contribution is 2.26. The molecule has 0 amide bonds. The van der Waals surface area contributed by atoms with Gasteiger partial charge in [-0.15, -0.1) is 11.3 Å². The average Bonchev–Trinajstić information content (AvgIpc) is 3.13. The van der Waals surface area contributed by atoms with Crippen molar-refractivity contribution in [3.63, 3.8) is 0 Å². The molecule has 108 valence electrons. The number of halogens is 1. The summed E-state index contributed by atoms with van der Waals surface area (Å²) in [7, 11) is 0. The van der Waals surface area contributed by atoms with Crippen LogP contribution in [-0.4, -0.2) is 10.1 Å². The van der Waals surface area contributed by atoms with Gasteiger partial charge < -0.3 is 4.52 Å². The highest BCUT2D eigenvalue weighted by Gasteiger charge is 2.16. The van der Waals surface area contributed by atoms with Crippen molar-refractivity contribution < 1.29 is 8.91 Å². The number of hydrogen-bond acceptors (Lipinski definition) is 5. The third kappa shape index (κ3) is 3.34. The van der Waals surface area contributed by atoms with Crippen LogP contribution in [-0.2, 0) is 6.54 Å². The second kappa shape index (κ2) is 6.15. The van der Waals surface area contributed by atoms with E-state index in [4.69, 9.17) is 4.52 Å². The van der Waals surface area contributed by atoms with Gasteiger partial charge in [0.1, 0.15) is 5.82 Å². The van der Waals surface area contributed by atoms with Crippen LogP contribution in [0.3, 0.4) is 0 Å². The largest absolute Gasteiger partial charge is 0.338 e. The van der Waals surface area contributed by atoms with E-state index in [1.807, 2.05) is 17.5 Å². The molecule has 2 aromatic heterocycles. The number of nitrogens with zero attached hydrogens (tertiary/aromatic N) is 2. The fraction of sp³-hybridized carbons (Fsp3) is 0.200. The molecule has 0 saturated carbocycles. The summed E-state index contributed by atoms with van der Waals surface area (Å²) in [5, 5.41) is 9.17. The Kier molecular flexibility index (Phi) is 4.08. The van der Waals surface area contributed by atoms with Crippen molar-refractivity contribution >= 4 is 11.3 Å². The van der Waals surface area contributed by atoms with Gasteiger partial charge in [0.25, 0.3) is 0 Å². The zero-order valence-electron chi connectivity index (χ0n) is 11.4. The average molecular weight is 303 g/mol. The molecule has 0 aliphatic heterocycles. The standard InChI is InChI=1S/C15H14FN3OS/c1-10-18-14(20-19-10)9-17-15(13-3-2-8-21-13)11-4-6-12(16)7-5-11/h2-8,15,17H,9H2,1H3. The smallest absolute Gasteiger partial charge is 0.240 e. The predicted octanol–water partition coefficient (Wildman–Crippen LogP) is 3.46. The lowest BCUT2D eigenvalue weighted by Gasteiger charge is -2.17. The van der Waals surface area contributed by atoms with Gasteiger partial charge >= 0.3 is 0 Å². The molecule has 3 aromatic rings. The Morgan fingerprint density at radius 2 is 2.10 bits per heavy atom. The van der Waals surface area contributed by atoms with Crippen molar-refractivity contribution in [1.29, 1.82) is 0 Å². The van der Waals surface area contributed by atoms with E-state index in [1.165, 1.54) is 12.1 Å². The van der Waals surface area contributed by atoms with Gasteiger partial charge in [-0.1, -0.05) is 23.4 Å². The quantitative estimate of drug-likeness (QED) is 0.784. The van der Waals surface area contributed by atoms with E-state index in [0.29, 0.717) is 18.3 Å². The second-order valence-corrected chi connectivity index (χ2v) is 5.60. The summed E-state index contributed by atoms with van der Waals surface area (Å²) in [5.74, 6) is 0.911. The molecule has 0 aliphatic carbocycles. The first-order valence-electron chi connectivity index (χ1n) is 6.54. The second-order valence-electron chi connectivity index (χ2n) is 4.62. The lowest BCUT2D eigenvalue weighted by atomic mass is 10.1. The summed E-state index contributed by atoms with van der Waals surface area (Å²) in [6.07, 6.45) is 0. The molecule has 0 aliphatic rings. The molecule has 1 aromatic carbocycles. The van der Waals surface area contributed by atoms with Crippen LogP contribution in [0.4, 0.5) is 4.39 Å². The van der Waals surface area contributed by atoms with Crippen LogP contribution < -0.4 is 5.32 Å². The molecule has 0 saturated heterocycles. The summed E-state index contributed by atoms with van der Waals surface area (Å²) in [5.41, 5.74) is 0.995. The van der Waals surface area contributed by atoms with Crippen molar-refractivity contribution in [3.05, 3.63) is 69.8 Å². The van der Waals surface area contributed by atoms with Crippen molar-refractivity contribution in [2.24, 2.45) is 0 Å². The van der Waals surface area contributed by atoms with Crippen LogP contribution in [0, 0.1) is 12.7 Å². The van der Waals surface area contributed by atoms with Crippen molar-refractivity contribution in [3.8, 4) is 0 Å². The zero-order valence-corrected chi connectivity index (χ0v) is 12.2. The molecule has 1 atom stereocenters. The number of nitrogens with one attached hydrogen (secondary N) is 1. The fourth-order valence-electron chi connectivity index (χ4n) is 2.09. The molecule has 1 unspecified atom stereocenters. The van der Waals surface area contributed by atoms with Gasteiger partial charge in [-0.2, -0.15) is 4.98 Å². The Bertz CT molecular complexity index is 694. The first-order chi connectivity index (χ1) is 10.2. The van der Waals surface area contributed by atoms with Crippen LogP contribution in [0.5, 0.6) is 0 Å². The molecule has 1 N–H and O–H groups in total. The number of rotatable bonds is 5. The molecule has 0 bridgehead atoms. The summed E-state index contributed by atoms with van der Waals surface area (Å²) in [6.45, 7) is 2.24. The third-order valence-electron chi connectivity index (χ3n) is 3.06. The van der Waals surface area contributed by atoms with Crippen LogP contribution in [0.1, 0.15) is 28.2 Å². The van der Waals surface area contributed by atoms with Gasteiger partial charge in [0.05, 0.1) is 12.6 Å². The van der Waals surface area contributed by atoms with Crippen molar-refractivity contribution in [2.75, 3.05) is 0 Å². The van der Waals surface area contributed by atoms with E-state index in [2.05, 4.69) is 15.5 Å². The van der Waals surface area contributed by atoms with E-state index < -0.39 is 0 Å². The number of aryl methyl sites for hydroxylation is 1. The Balaban J connectivity index is 1.81. The van der Waals surface area contributed by atoms with Gasteiger partial charge in [0.15, 0.2) is 5.82 Å². The first kappa shape index (κ1) is 13.9. The van der Waals surface area contributed by atoms with E-state index in [1.54, 1.807) is 30.4 Å². The molecular weight excluding hydrogens is 289 g/mol. The summed E-state index contributed by atoms with van der Waals surface area (Å²) < 4.78 is 18.2. The topological polar surface area (TPSA) is 51.0 Å². The molecule has 6 heteroatoms. The Labute approximate surface area is 125 Å². The summed E-state index contributed by atoms with van der Waals surface area (Å²) in [4.78, 5) is 5.33. The van der Waals surface area contributed by atoms with E-state index in [-0.39, 0.29) is 11.9 Å². The Morgan fingerprint density at radius 1 is 1.29 bits per heavy atom. The highest BCUT2D eigenvalue weighted by atomic mass is 32.1. The van der Waals surface area contributed by atoms with E-state index >= 15 is 0 Å². The third-order valence-corrected chi connectivity index (χ3v) is 4.00. The Morgan fingerprint density at radius 3 is 2.71 bits per heavy atom. The molecule has 4 nitrogen and oxygen atoms in total. The molecule has 2 heterocycles. The van der Waals surface area contributed by atoms with Crippen molar-refractivity contribution in [1.82, 2.24) is 15.5 Å². The molecule has 3 rings (SSSR count). The summed E-state index contributed by atoms with van der Waals surface area (Å²) in [6, 6.07) is 10.5. The normalized spacial score (nSPS) is 12.5. The van der Waals surface area contributed by atoms with Crippen LogP contribution in [0.2, 0.25) is 0 Å². The fourth-order valence-corrected chi connectivity index (χ4v) is 2.92.